The summed E-state index contributed by atoms with van der Waals surface area (Å²) in [4.78, 5) is 0. The lowest BCUT2D eigenvalue weighted by atomic mass is 10.2. The van der Waals surface area contributed by atoms with E-state index in [4.69, 9.17) is 23.2 Å². The van der Waals surface area contributed by atoms with Crippen LogP contribution in [-0.4, -0.2) is 21.4 Å². The first-order valence-corrected chi connectivity index (χ1v) is 4.99. The van der Waals surface area contributed by atoms with Gasteiger partial charge in [-0.05, 0) is 18.1 Å². The van der Waals surface area contributed by atoms with Crippen molar-refractivity contribution in [2.24, 2.45) is 5.92 Å². The number of nitriles is 1. The number of hydrogen-bond acceptors (Lipinski definition) is 4. The second-order valence-corrected chi connectivity index (χ2v) is 3.93. The first-order chi connectivity index (χ1) is 7.06. The van der Waals surface area contributed by atoms with Crippen molar-refractivity contribution >= 4 is 23.1 Å². The molecule has 0 radical (unpaired) electrons. The van der Waals surface area contributed by atoms with E-state index >= 15 is 0 Å². The van der Waals surface area contributed by atoms with Gasteiger partial charge in [-0.25, -0.2) is 0 Å². The molecule has 0 aromatic carbocycles. The van der Waals surface area contributed by atoms with Gasteiger partial charge in [-0.1, -0.05) is 13.8 Å². The van der Waals surface area contributed by atoms with Crippen LogP contribution in [0.2, 0.25) is 0 Å². The topological polar surface area (TPSA) is 79.7 Å². The van der Waals surface area contributed by atoms with E-state index in [-0.39, 0.29) is 5.82 Å². The molecule has 1 rings (SSSR count). The molecular weight excluding hydrogens is 210 g/mol. The van der Waals surface area contributed by atoms with E-state index in [9.17, 15) is 0 Å². The number of aromatic nitrogens is 2. The minimum Gasteiger partial charge on any atom is -0.382 e. The van der Waals surface area contributed by atoms with Gasteiger partial charge in [-0.2, -0.15) is 15.0 Å². The third-order valence-corrected chi connectivity index (χ3v) is 2.10. The maximum absolute atomic E-state index is 8.68. The van der Waals surface area contributed by atoms with Crippen molar-refractivity contribution in [3.05, 3.63) is 11.8 Å². The quantitative estimate of drug-likeness (QED) is 0.722. The Kier molecular flexibility index (Phi) is 3.63. The molecular formula is C9H13N5S. The van der Waals surface area contributed by atoms with Crippen molar-refractivity contribution in [3.8, 4) is 6.07 Å². The number of nitrogens with zero attached hydrogens (tertiary/aromatic N) is 3. The zero-order valence-electron chi connectivity index (χ0n) is 8.69. The lowest BCUT2D eigenvalue weighted by Gasteiger charge is -2.10. The molecule has 0 atom stereocenters. The van der Waals surface area contributed by atoms with E-state index in [0.29, 0.717) is 16.6 Å². The Labute approximate surface area is 93.9 Å². The predicted molar refractivity (Wildman–Crippen MR) is 62.2 cm³/mol. The Morgan fingerprint density at radius 1 is 1.80 bits per heavy atom. The fraction of sp³-hybridized carbons (Fsp3) is 0.444. The maximum Gasteiger partial charge on any atom is 0.196 e. The molecule has 5 nitrogen and oxygen atoms in total. The summed E-state index contributed by atoms with van der Waals surface area (Å²) in [6, 6.07) is 1.94. The summed E-state index contributed by atoms with van der Waals surface area (Å²) in [7, 11) is 0. The fourth-order valence-corrected chi connectivity index (χ4v) is 1.20. The highest BCUT2D eigenvalue weighted by molar-refractivity contribution is 7.80. The molecule has 0 aliphatic heterocycles. The molecule has 0 saturated carbocycles. The van der Waals surface area contributed by atoms with Crippen molar-refractivity contribution in [2.45, 2.75) is 13.8 Å². The maximum atomic E-state index is 8.68. The van der Waals surface area contributed by atoms with E-state index in [1.165, 1.54) is 10.9 Å². The van der Waals surface area contributed by atoms with Crippen molar-refractivity contribution in [3.63, 3.8) is 0 Å². The van der Waals surface area contributed by atoms with Gasteiger partial charge in [0.15, 0.2) is 5.11 Å². The first-order valence-electron chi connectivity index (χ1n) is 4.58. The molecule has 0 aliphatic carbocycles. The Morgan fingerprint density at radius 2 is 2.47 bits per heavy atom. The highest BCUT2D eigenvalue weighted by Crippen LogP contribution is 2.08. The SMILES string of the molecule is CC(C)CNC(=S)n1ncc(C#N)c1N. The average Bonchev–Trinajstić information content (AvgIpc) is 2.56. The van der Waals surface area contributed by atoms with Crippen LogP contribution >= 0.6 is 12.2 Å². The van der Waals surface area contributed by atoms with Crippen molar-refractivity contribution in [2.75, 3.05) is 12.3 Å². The molecule has 0 fully saturated rings. The summed E-state index contributed by atoms with van der Waals surface area (Å²) in [6.07, 6.45) is 1.40. The average molecular weight is 223 g/mol. The molecule has 1 aromatic rings. The van der Waals surface area contributed by atoms with Gasteiger partial charge in [0.25, 0.3) is 0 Å². The van der Waals surface area contributed by atoms with E-state index in [0.717, 1.165) is 6.54 Å². The van der Waals surface area contributed by atoms with Gasteiger partial charge < -0.3 is 11.1 Å². The molecule has 80 valence electrons. The molecule has 0 saturated heterocycles. The summed E-state index contributed by atoms with van der Waals surface area (Å²) in [5, 5.41) is 16.1. The minimum atomic E-state index is 0.277. The third-order valence-electron chi connectivity index (χ3n) is 1.78. The molecule has 1 aromatic heterocycles. The number of thiocarbonyl (C=S) groups is 1. The van der Waals surface area contributed by atoms with Crippen LogP contribution in [0.15, 0.2) is 6.20 Å². The normalized spacial score (nSPS) is 10.0. The number of nitrogen functional groups attached to an aromatic ring is 1. The van der Waals surface area contributed by atoms with Crippen LogP contribution in [0.25, 0.3) is 0 Å². The second kappa shape index (κ2) is 4.75. The van der Waals surface area contributed by atoms with Crippen molar-refractivity contribution < 1.29 is 0 Å². The highest BCUT2D eigenvalue weighted by atomic mass is 32.1. The van der Waals surface area contributed by atoms with Gasteiger partial charge in [0.05, 0.1) is 6.20 Å². The Hall–Kier alpha value is -1.61. The largest absolute Gasteiger partial charge is 0.382 e. The lowest BCUT2D eigenvalue weighted by molar-refractivity contribution is 0.619. The summed E-state index contributed by atoms with van der Waals surface area (Å²) < 4.78 is 1.36. The minimum absolute atomic E-state index is 0.277. The van der Waals surface area contributed by atoms with Crippen LogP contribution < -0.4 is 11.1 Å². The van der Waals surface area contributed by atoms with Gasteiger partial charge in [-0.3, -0.25) is 0 Å². The van der Waals surface area contributed by atoms with Gasteiger partial charge >= 0.3 is 0 Å². The standard InChI is InChI=1S/C9H13N5S/c1-6(2)4-12-9(15)14-8(11)7(3-10)5-13-14/h5-6H,4,11H2,1-2H3,(H,12,15). The summed E-state index contributed by atoms with van der Waals surface area (Å²) in [5.41, 5.74) is 6.01. The predicted octanol–water partition coefficient (Wildman–Crippen LogP) is 0.716. The van der Waals surface area contributed by atoms with E-state index in [2.05, 4.69) is 24.3 Å². The van der Waals surface area contributed by atoms with Crippen LogP contribution in [0.1, 0.15) is 19.4 Å². The number of nitrogens with two attached hydrogens (primary N) is 1. The van der Waals surface area contributed by atoms with Gasteiger partial charge in [0, 0.05) is 6.54 Å². The van der Waals surface area contributed by atoms with Crippen LogP contribution in [-0.2, 0) is 0 Å². The Balaban J connectivity index is 2.75. The molecule has 0 spiro atoms. The molecule has 1 heterocycles. The van der Waals surface area contributed by atoms with Crippen molar-refractivity contribution in [1.29, 1.82) is 5.26 Å². The van der Waals surface area contributed by atoms with Crippen LogP contribution in [0.3, 0.4) is 0 Å². The number of hydrogen-bond donors (Lipinski definition) is 2. The third kappa shape index (κ3) is 2.67. The van der Waals surface area contributed by atoms with Gasteiger partial charge in [-0.15, -0.1) is 0 Å². The summed E-state index contributed by atoms with van der Waals surface area (Å²) in [6.45, 7) is 4.89. The Bertz CT molecular complexity index is 401. The van der Waals surface area contributed by atoms with E-state index in [1.54, 1.807) is 0 Å². The smallest absolute Gasteiger partial charge is 0.196 e. The summed E-state index contributed by atoms with van der Waals surface area (Å²) in [5.74, 6) is 0.758. The second-order valence-electron chi connectivity index (χ2n) is 3.55. The highest BCUT2D eigenvalue weighted by Gasteiger charge is 2.10. The van der Waals surface area contributed by atoms with E-state index in [1.807, 2.05) is 6.07 Å². The summed E-state index contributed by atoms with van der Waals surface area (Å²) >= 11 is 5.09. The van der Waals surface area contributed by atoms with Crippen molar-refractivity contribution in [1.82, 2.24) is 15.1 Å². The molecule has 0 amide bonds. The van der Waals surface area contributed by atoms with Crippen LogP contribution in [0, 0.1) is 17.2 Å². The zero-order chi connectivity index (χ0) is 11.4. The molecule has 6 heteroatoms. The first kappa shape index (κ1) is 11.5. The monoisotopic (exact) mass is 223 g/mol. The molecule has 3 N–H and O–H groups in total. The molecule has 0 bridgehead atoms. The van der Waals surface area contributed by atoms with E-state index < -0.39 is 0 Å². The molecule has 0 aliphatic rings. The number of rotatable bonds is 2. The number of nitrogens with one attached hydrogen (secondary N) is 1. The molecule has 0 unspecified atom stereocenters. The van der Waals surface area contributed by atoms with Crippen LogP contribution in [0.5, 0.6) is 0 Å². The van der Waals surface area contributed by atoms with Gasteiger partial charge in [0.2, 0.25) is 0 Å². The lowest BCUT2D eigenvalue weighted by Crippen LogP contribution is -2.32. The fourth-order valence-electron chi connectivity index (χ4n) is 0.972. The Morgan fingerprint density at radius 3 is 2.93 bits per heavy atom. The zero-order valence-corrected chi connectivity index (χ0v) is 9.51. The van der Waals surface area contributed by atoms with Gasteiger partial charge in [0.1, 0.15) is 17.5 Å². The number of anilines is 1. The van der Waals surface area contributed by atoms with Crippen LogP contribution in [0.4, 0.5) is 5.82 Å². The molecule has 15 heavy (non-hydrogen) atoms.